The Bertz CT molecular complexity index is 510. The fraction of sp³-hybridized carbons (Fsp3) is 0.643. The van der Waals surface area contributed by atoms with Crippen LogP contribution in [0.15, 0.2) is 12.3 Å². The average molecular weight is 279 g/mol. The molecule has 1 aliphatic heterocycles. The van der Waals surface area contributed by atoms with Crippen LogP contribution in [0.1, 0.15) is 43.7 Å². The molecule has 0 saturated carbocycles. The molecule has 1 fully saturated rings. The Kier molecular flexibility index (Phi) is 4.11. The van der Waals surface area contributed by atoms with E-state index in [-0.39, 0.29) is 23.8 Å². The number of carboxylic acids is 1. The van der Waals surface area contributed by atoms with E-state index in [0.29, 0.717) is 25.2 Å². The van der Waals surface area contributed by atoms with Gasteiger partial charge in [0.1, 0.15) is 5.69 Å². The lowest BCUT2D eigenvalue weighted by Gasteiger charge is -2.34. The SMILES string of the molecule is CC(C)n1ccc(C(=O)N2CC[C@H](C(=O)O)[C@H](C)C2)n1. The van der Waals surface area contributed by atoms with Crippen LogP contribution < -0.4 is 0 Å². The number of nitrogens with zero attached hydrogens (tertiary/aromatic N) is 3. The van der Waals surface area contributed by atoms with E-state index in [4.69, 9.17) is 5.11 Å². The molecule has 0 unspecified atom stereocenters. The quantitative estimate of drug-likeness (QED) is 0.912. The number of rotatable bonds is 3. The van der Waals surface area contributed by atoms with Crippen molar-refractivity contribution in [1.29, 1.82) is 0 Å². The zero-order chi connectivity index (χ0) is 14.9. The molecule has 2 rings (SSSR count). The molecular formula is C14H21N3O3. The van der Waals surface area contributed by atoms with Crippen LogP contribution in [-0.4, -0.2) is 44.8 Å². The van der Waals surface area contributed by atoms with E-state index in [9.17, 15) is 9.59 Å². The maximum atomic E-state index is 12.4. The van der Waals surface area contributed by atoms with Crippen molar-refractivity contribution >= 4 is 11.9 Å². The average Bonchev–Trinajstić information content (AvgIpc) is 2.87. The molecule has 0 aliphatic carbocycles. The number of piperidine rings is 1. The number of carbonyl (C=O) groups excluding carboxylic acids is 1. The van der Waals surface area contributed by atoms with E-state index in [1.807, 2.05) is 20.8 Å². The predicted octanol–water partition coefficient (Wildman–Crippen LogP) is 1.65. The molecule has 0 radical (unpaired) electrons. The minimum absolute atomic E-state index is 0.0302. The number of amides is 1. The minimum atomic E-state index is -0.770. The second-order valence-corrected chi connectivity index (χ2v) is 5.74. The Balaban J connectivity index is 2.05. The summed E-state index contributed by atoms with van der Waals surface area (Å²) in [5.41, 5.74) is 0.430. The third kappa shape index (κ3) is 2.84. The van der Waals surface area contributed by atoms with Gasteiger partial charge in [-0.3, -0.25) is 14.3 Å². The molecule has 1 amide bonds. The van der Waals surface area contributed by atoms with Gasteiger partial charge in [-0.2, -0.15) is 5.10 Å². The van der Waals surface area contributed by atoms with Crippen molar-refractivity contribution in [3.05, 3.63) is 18.0 Å². The molecular weight excluding hydrogens is 258 g/mol. The Labute approximate surface area is 118 Å². The van der Waals surface area contributed by atoms with E-state index in [1.54, 1.807) is 21.8 Å². The maximum Gasteiger partial charge on any atom is 0.306 e. The fourth-order valence-corrected chi connectivity index (χ4v) is 2.60. The molecule has 110 valence electrons. The van der Waals surface area contributed by atoms with E-state index in [0.717, 1.165) is 0 Å². The van der Waals surface area contributed by atoms with Crippen LogP contribution in [0.4, 0.5) is 0 Å². The van der Waals surface area contributed by atoms with E-state index >= 15 is 0 Å². The van der Waals surface area contributed by atoms with Gasteiger partial charge in [-0.05, 0) is 32.3 Å². The lowest BCUT2D eigenvalue weighted by Crippen LogP contribution is -2.45. The summed E-state index contributed by atoms with van der Waals surface area (Å²) in [6.07, 6.45) is 2.30. The molecule has 20 heavy (non-hydrogen) atoms. The van der Waals surface area contributed by atoms with Crippen molar-refractivity contribution in [3.8, 4) is 0 Å². The molecule has 1 aromatic rings. The summed E-state index contributed by atoms with van der Waals surface area (Å²) in [7, 11) is 0. The molecule has 1 aromatic heterocycles. The van der Waals surface area contributed by atoms with Gasteiger partial charge in [0.15, 0.2) is 0 Å². The summed E-state index contributed by atoms with van der Waals surface area (Å²) in [6.45, 7) is 6.84. The largest absolute Gasteiger partial charge is 0.481 e. The van der Waals surface area contributed by atoms with Crippen LogP contribution in [0, 0.1) is 11.8 Å². The molecule has 2 heterocycles. The number of hydrogen-bond donors (Lipinski definition) is 1. The topological polar surface area (TPSA) is 75.4 Å². The molecule has 0 bridgehead atoms. The molecule has 2 atom stereocenters. The molecule has 6 nitrogen and oxygen atoms in total. The van der Waals surface area contributed by atoms with Crippen LogP contribution in [0.5, 0.6) is 0 Å². The summed E-state index contributed by atoms with van der Waals surface area (Å²) in [5.74, 6) is -1.27. The number of hydrogen-bond acceptors (Lipinski definition) is 3. The zero-order valence-corrected chi connectivity index (χ0v) is 12.1. The van der Waals surface area contributed by atoms with Gasteiger partial charge in [-0.25, -0.2) is 0 Å². The second kappa shape index (κ2) is 5.64. The van der Waals surface area contributed by atoms with Gasteiger partial charge in [-0.1, -0.05) is 6.92 Å². The van der Waals surface area contributed by atoms with Gasteiger partial charge in [0.25, 0.3) is 5.91 Å². The summed E-state index contributed by atoms with van der Waals surface area (Å²) < 4.78 is 1.75. The Morgan fingerprint density at radius 3 is 2.65 bits per heavy atom. The second-order valence-electron chi connectivity index (χ2n) is 5.74. The normalized spacial score (nSPS) is 23.1. The highest BCUT2D eigenvalue weighted by atomic mass is 16.4. The zero-order valence-electron chi connectivity index (χ0n) is 12.1. The van der Waals surface area contributed by atoms with Crippen LogP contribution in [-0.2, 0) is 4.79 Å². The van der Waals surface area contributed by atoms with Crippen LogP contribution >= 0.6 is 0 Å². The third-order valence-electron chi connectivity index (χ3n) is 3.87. The van der Waals surface area contributed by atoms with Crippen LogP contribution in [0.2, 0.25) is 0 Å². The minimum Gasteiger partial charge on any atom is -0.481 e. The fourth-order valence-electron chi connectivity index (χ4n) is 2.60. The number of likely N-dealkylation sites (tertiary alicyclic amines) is 1. The Morgan fingerprint density at radius 1 is 1.45 bits per heavy atom. The first-order valence-corrected chi connectivity index (χ1v) is 6.97. The van der Waals surface area contributed by atoms with Gasteiger partial charge in [0.05, 0.1) is 5.92 Å². The van der Waals surface area contributed by atoms with Gasteiger partial charge in [0.2, 0.25) is 0 Å². The van der Waals surface area contributed by atoms with Crippen molar-refractivity contribution in [2.45, 2.75) is 33.2 Å². The van der Waals surface area contributed by atoms with Gasteiger partial charge >= 0.3 is 5.97 Å². The first kappa shape index (κ1) is 14.6. The van der Waals surface area contributed by atoms with Crippen LogP contribution in [0.25, 0.3) is 0 Å². The smallest absolute Gasteiger partial charge is 0.306 e. The third-order valence-corrected chi connectivity index (χ3v) is 3.87. The summed E-state index contributed by atoms with van der Waals surface area (Å²) in [6, 6.07) is 1.93. The standard InChI is InChI=1S/C14H21N3O3/c1-9(2)17-7-5-12(15-17)13(18)16-6-4-11(14(19)20)10(3)8-16/h5,7,9-11H,4,6,8H2,1-3H3,(H,19,20)/t10-,11+/m1/s1. The molecule has 1 saturated heterocycles. The van der Waals surface area contributed by atoms with Crippen molar-refractivity contribution < 1.29 is 14.7 Å². The summed E-state index contributed by atoms with van der Waals surface area (Å²) in [4.78, 5) is 25.1. The Hall–Kier alpha value is -1.85. The Morgan fingerprint density at radius 2 is 2.15 bits per heavy atom. The van der Waals surface area contributed by atoms with Crippen molar-refractivity contribution in [2.75, 3.05) is 13.1 Å². The number of carbonyl (C=O) groups is 2. The molecule has 0 spiro atoms. The van der Waals surface area contributed by atoms with Crippen LogP contribution in [0.3, 0.4) is 0 Å². The molecule has 6 heteroatoms. The molecule has 1 N–H and O–H groups in total. The predicted molar refractivity (Wildman–Crippen MR) is 73.4 cm³/mol. The number of carboxylic acid groups (broad SMARTS) is 1. The van der Waals surface area contributed by atoms with Gasteiger partial charge in [0, 0.05) is 25.3 Å². The summed E-state index contributed by atoms with van der Waals surface area (Å²) in [5, 5.41) is 13.4. The van der Waals surface area contributed by atoms with Crippen molar-refractivity contribution in [3.63, 3.8) is 0 Å². The van der Waals surface area contributed by atoms with E-state index in [2.05, 4.69) is 5.10 Å². The monoisotopic (exact) mass is 279 g/mol. The van der Waals surface area contributed by atoms with Gasteiger partial charge in [-0.15, -0.1) is 0 Å². The van der Waals surface area contributed by atoms with E-state index < -0.39 is 5.97 Å². The highest BCUT2D eigenvalue weighted by Crippen LogP contribution is 2.24. The number of aliphatic carboxylic acids is 1. The summed E-state index contributed by atoms with van der Waals surface area (Å²) >= 11 is 0. The lowest BCUT2D eigenvalue weighted by atomic mass is 9.87. The highest BCUT2D eigenvalue weighted by molar-refractivity contribution is 5.92. The van der Waals surface area contributed by atoms with Crippen molar-refractivity contribution in [2.24, 2.45) is 11.8 Å². The molecule has 0 aromatic carbocycles. The lowest BCUT2D eigenvalue weighted by molar-refractivity contribution is -0.145. The highest BCUT2D eigenvalue weighted by Gasteiger charge is 2.33. The van der Waals surface area contributed by atoms with Gasteiger partial charge < -0.3 is 10.0 Å². The first-order chi connectivity index (χ1) is 9.40. The number of aromatic nitrogens is 2. The first-order valence-electron chi connectivity index (χ1n) is 6.97. The van der Waals surface area contributed by atoms with E-state index in [1.165, 1.54) is 0 Å². The maximum absolute atomic E-state index is 12.4. The molecule has 1 aliphatic rings. The van der Waals surface area contributed by atoms with Crippen molar-refractivity contribution in [1.82, 2.24) is 14.7 Å².